The second kappa shape index (κ2) is 4.58. The van der Waals surface area contributed by atoms with E-state index in [1.54, 1.807) is 0 Å². The van der Waals surface area contributed by atoms with Gasteiger partial charge in [0.1, 0.15) is 5.76 Å². The third kappa shape index (κ3) is 2.37. The van der Waals surface area contributed by atoms with Crippen molar-refractivity contribution in [2.45, 2.75) is 13.3 Å². The van der Waals surface area contributed by atoms with Crippen LogP contribution in [0.1, 0.15) is 12.7 Å². The SMILES string of the molecule is CC(CBr)Cc1cc2cccc(Cl)c2o1. The molecule has 0 aliphatic carbocycles. The Hall–Kier alpha value is -0.470. The molecule has 1 aromatic heterocycles. The summed E-state index contributed by atoms with van der Waals surface area (Å²) in [5, 5.41) is 2.75. The Morgan fingerprint density at radius 2 is 2.27 bits per heavy atom. The normalized spacial score (nSPS) is 13.3. The van der Waals surface area contributed by atoms with Crippen molar-refractivity contribution in [3.63, 3.8) is 0 Å². The quantitative estimate of drug-likeness (QED) is 0.748. The van der Waals surface area contributed by atoms with Gasteiger partial charge < -0.3 is 4.42 Å². The molecule has 1 nitrogen and oxygen atoms in total. The summed E-state index contributed by atoms with van der Waals surface area (Å²) in [5.74, 6) is 1.58. The van der Waals surface area contributed by atoms with Gasteiger partial charge in [-0.1, -0.05) is 46.6 Å². The zero-order chi connectivity index (χ0) is 10.8. The Kier molecular flexibility index (Phi) is 3.37. The molecule has 2 aromatic rings. The molecule has 2 rings (SSSR count). The summed E-state index contributed by atoms with van der Waals surface area (Å²) in [5.41, 5.74) is 0.802. The van der Waals surface area contributed by atoms with Crippen LogP contribution in [0.4, 0.5) is 0 Å². The first-order valence-corrected chi connectivity index (χ1v) is 6.43. The second-order valence-corrected chi connectivity index (χ2v) is 4.89. The van der Waals surface area contributed by atoms with Crippen LogP contribution < -0.4 is 0 Å². The maximum atomic E-state index is 6.04. The van der Waals surface area contributed by atoms with Crippen molar-refractivity contribution in [1.82, 2.24) is 0 Å². The fourth-order valence-electron chi connectivity index (χ4n) is 1.58. The van der Waals surface area contributed by atoms with Gasteiger partial charge >= 0.3 is 0 Å². The molecule has 0 saturated heterocycles. The topological polar surface area (TPSA) is 13.1 Å². The van der Waals surface area contributed by atoms with Gasteiger partial charge in [-0.15, -0.1) is 0 Å². The van der Waals surface area contributed by atoms with Gasteiger partial charge in [0.2, 0.25) is 0 Å². The molecule has 0 fully saturated rings. The van der Waals surface area contributed by atoms with Gasteiger partial charge in [-0.3, -0.25) is 0 Å². The summed E-state index contributed by atoms with van der Waals surface area (Å²) in [6.45, 7) is 2.18. The summed E-state index contributed by atoms with van der Waals surface area (Å²) in [6, 6.07) is 7.89. The van der Waals surface area contributed by atoms with E-state index in [4.69, 9.17) is 16.0 Å². The van der Waals surface area contributed by atoms with Gasteiger partial charge in [0.05, 0.1) is 5.02 Å². The number of para-hydroxylation sites is 1. The molecule has 1 unspecified atom stereocenters. The predicted octanol–water partition coefficient (Wildman–Crippen LogP) is 4.66. The third-order valence-corrected chi connectivity index (χ3v) is 3.76. The monoisotopic (exact) mass is 286 g/mol. The average Bonchev–Trinajstić information content (AvgIpc) is 2.62. The lowest BCUT2D eigenvalue weighted by Crippen LogP contribution is -1.98. The zero-order valence-corrected chi connectivity index (χ0v) is 10.8. The number of alkyl halides is 1. The smallest absolute Gasteiger partial charge is 0.152 e. The van der Waals surface area contributed by atoms with Gasteiger partial charge in [-0.25, -0.2) is 0 Å². The van der Waals surface area contributed by atoms with Gasteiger partial charge in [-0.05, 0) is 18.1 Å². The minimum absolute atomic E-state index is 0.573. The second-order valence-electron chi connectivity index (χ2n) is 3.83. The lowest BCUT2D eigenvalue weighted by atomic mass is 10.1. The Morgan fingerprint density at radius 3 is 2.93 bits per heavy atom. The lowest BCUT2D eigenvalue weighted by Gasteiger charge is -2.02. The summed E-state index contributed by atoms with van der Waals surface area (Å²) in [4.78, 5) is 0. The lowest BCUT2D eigenvalue weighted by molar-refractivity contribution is 0.504. The largest absolute Gasteiger partial charge is 0.459 e. The van der Waals surface area contributed by atoms with Gasteiger partial charge in [-0.2, -0.15) is 0 Å². The summed E-state index contributed by atoms with van der Waals surface area (Å²) >= 11 is 9.50. The molecule has 0 N–H and O–H groups in total. The molecule has 0 saturated carbocycles. The highest BCUT2D eigenvalue weighted by Crippen LogP contribution is 2.27. The number of hydrogen-bond acceptors (Lipinski definition) is 1. The summed E-state index contributed by atoms with van der Waals surface area (Å²) < 4.78 is 5.72. The van der Waals surface area contributed by atoms with Crippen molar-refractivity contribution in [3.05, 3.63) is 35.0 Å². The van der Waals surface area contributed by atoms with Crippen LogP contribution >= 0.6 is 27.5 Å². The van der Waals surface area contributed by atoms with Crippen LogP contribution in [0.5, 0.6) is 0 Å². The molecule has 15 heavy (non-hydrogen) atoms. The van der Waals surface area contributed by atoms with Crippen LogP contribution in [0.15, 0.2) is 28.7 Å². The summed E-state index contributed by atoms with van der Waals surface area (Å²) in [7, 11) is 0. The first-order valence-electron chi connectivity index (χ1n) is 4.93. The Morgan fingerprint density at radius 1 is 1.47 bits per heavy atom. The van der Waals surface area contributed by atoms with Crippen molar-refractivity contribution < 1.29 is 4.42 Å². The van der Waals surface area contributed by atoms with Crippen molar-refractivity contribution in [3.8, 4) is 0 Å². The average molecular weight is 288 g/mol. The molecule has 1 heterocycles. The van der Waals surface area contributed by atoms with Crippen LogP contribution in [0, 0.1) is 5.92 Å². The summed E-state index contributed by atoms with van der Waals surface area (Å²) in [6.07, 6.45) is 0.941. The van der Waals surface area contributed by atoms with E-state index in [1.807, 2.05) is 18.2 Å². The third-order valence-electron chi connectivity index (χ3n) is 2.36. The van der Waals surface area contributed by atoms with Crippen molar-refractivity contribution in [2.75, 3.05) is 5.33 Å². The first-order chi connectivity index (χ1) is 7.20. The number of rotatable bonds is 3. The van der Waals surface area contributed by atoms with Crippen LogP contribution in [0.3, 0.4) is 0 Å². The fraction of sp³-hybridized carbons (Fsp3) is 0.333. The number of hydrogen-bond donors (Lipinski definition) is 0. The molecule has 0 amide bonds. The molecule has 0 radical (unpaired) electrons. The molecule has 0 aliphatic heterocycles. The Bertz CT molecular complexity index is 464. The molecular weight excluding hydrogens is 275 g/mol. The molecule has 1 atom stereocenters. The molecule has 3 heteroatoms. The highest BCUT2D eigenvalue weighted by molar-refractivity contribution is 9.09. The fourth-order valence-corrected chi connectivity index (χ4v) is 2.03. The van der Waals surface area contributed by atoms with E-state index in [9.17, 15) is 0 Å². The van der Waals surface area contributed by atoms with E-state index in [0.29, 0.717) is 10.9 Å². The molecule has 0 spiro atoms. The first kappa shape index (κ1) is 11.0. The van der Waals surface area contributed by atoms with Crippen molar-refractivity contribution in [2.24, 2.45) is 5.92 Å². The molecular formula is C12H12BrClO. The van der Waals surface area contributed by atoms with Crippen LogP contribution in [-0.2, 0) is 6.42 Å². The van der Waals surface area contributed by atoms with Crippen molar-refractivity contribution >= 4 is 38.5 Å². The highest BCUT2D eigenvalue weighted by atomic mass is 79.9. The van der Waals surface area contributed by atoms with Gasteiger partial charge in [0.15, 0.2) is 5.58 Å². The van der Waals surface area contributed by atoms with E-state index < -0.39 is 0 Å². The van der Waals surface area contributed by atoms with E-state index in [1.165, 1.54) is 0 Å². The van der Waals surface area contributed by atoms with E-state index in [0.717, 1.165) is 28.5 Å². The minimum Gasteiger partial charge on any atom is -0.459 e. The Labute approximate surface area is 103 Å². The maximum Gasteiger partial charge on any atom is 0.152 e. The number of halogens is 2. The van der Waals surface area contributed by atoms with Gasteiger partial charge in [0, 0.05) is 17.1 Å². The van der Waals surface area contributed by atoms with Crippen LogP contribution in [-0.4, -0.2) is 5.33 Å². The minimum atomic E-state index is 0.573. The number of furan rings is 1. The number of benzene rings is 1. The number of fused-ring (bicyclic) bond motifs is 1. The van der Waals surface area contributed by atoms with Crippen LogP contribution in [0.2, 0.25) is 5.02 Å². The van der Waals surface area contributed by atoms with Crippen LogP contribution in [0.25, 0.3) is 11.0 Å². The molecule has 1 aromatic carbocycles. The van der Waals surface area contributed by atoms with Gasteiger partial charge in [0.25, 0.3) is 0 Å². The zero-order valence-electron chi connectivity index (χ0n) is 8.47. The molecule has 80 valence electrons. The van der Waals surface area contributed by atoms with E-state index in [-0.39, 0.29) is 0 Å². The molecule has 0 aliphatic rings. The highest BCUT2D eigenvalue weighted by Gasteiger charge is 2.09. The van der Waals surface area contributed by atoms with Crippen molar-refractivity contribution in [1.29, 1.82) is 0 Å². The van der Waals surface area contributed by atoms with E-state index >= 15 is 0 Å². The maximum absolute atomic E-state index is 6.04. The predicted molar refractivity (Wildman–Crippen MR) is 67.9 cm³/mol. The Balaban J connectivity index is 2.35. The standard InChI is InChI=1S/C12H12BrClO/c1-8(7-13)5-10-6-9-3-2-4-11(14)12(9)15-10/h2-4,6,8H,5,7H2,1H3. The molecule has 0 bridgehead atoms. The van der Waals surface area contributed by atoms with E-state index in [2.05, 4.69) is 28.9 Å².